The summed E-state index contributed by atoms with van der Waals surface area (Å²) < 4.78 is 38.4. The van der Waals surface area contributed by atoms with Crippen LogP contribution in [0.3, 0.4) is 0 Å². The van der Waals surface area contributed by atoms with Gasteiger partial charge in [0.15, 0.2) is 0 Å². The Morgan fingerprint density at radius 2 is 0.925 bits per heavy atom. The number of aliphatic hydroxyl groups excluding tert-OH is 3. The van der Waals surface area contributed by atoms with Crippen LogP contribution in [-0.4, -0.2) is 77.3 Å². The molecule has 3 atom stereocenters. The van der Waals surface area contributed by atoms with Crippen LogP contribution in [0.25, 0.3) is 0 Å². The fraction of sp³-hybridized carbons (Fsp3) is 0.897. The molecular weight excluding hydrogens is 530 g/mol. The van der Waals surface area contributed by atoms with E-state index >= 15 is 0 Å². The van der Waals surface area contributed by atoms with Gasteiger partial charge in [0.2, 0.25) is 0 Å². The Morgan fingerprint density at radius 3 is 1.18 bits per heavy atom. The number of carbonyl (C=O) groups is 3. The molecule has 40 heavy (non-hydrogen) atoms. The zero-order chi connectivity index (χ0) is 32.5. The normalized spacial score (nSPS) is 14.3. The molecule has 0 bridgehead atoms. The maximum Gasteiger partial charge on any atom is 0.376 e. The quantitative estimate of drug-likeness (QED) is 0.224. The summed E-state index contributed by atoms with van der Waals surface area (Å²) in [5.41, 5.74) is -0.00182. The number of aliphatic hydroxyl groups is 3. The Morgan fingerprint density at radius 1 is 0.625 bits per heavy atom. The molecule has 0 heterocycles. The number of ether oxygens (including phenoxy) is 3. The monoisotopic (exact) mass is 586 g/mol. The molecule has 0 aliphatic carbocycles. The molecule has 0 radical (unpaired) electrons. The summed E-state index contributed by atoms with van der Waals surface area (Å²) >= 11 is 0. The van der Waals surface area contributed by atoms with Crippen LogP contribution in [0.5, 0.6) is 0 Å². The molecule has 0 saturated carbocycles. The lowest BCUT2D eigenvalue weighted by Gasteiger charge is -2.22. The highest BCUT2D eigenvalue weighted by molar-refractivity contribution is 5.76. The first-order chi connectivity index (χ1) is 17.7. The molecule has 0 spiro atoms. The SMILES string of the molecule is CC(=O)OCC(O)CC(C)(C)C.CC(C)(C)CC(O)COC(=O)C(C)(F)F.CCC(=O)OCC(O)CC(C)(C)C. The fourth-order valence-corrected chi connectivity index (χ4v) is 3.10. The molecular formula is C29H56F2O9. The van der Waals surface area contributed by atoms with Gasteiger partial charge in [0.05, 0.1) is 18.3 Å². The maximum absolute atomic E-state index is 12.3. The molecule has 0 aromatic rings. The van der Waals surface area contributed by atoms with Crippen molar-refractivity contribution in [3.63, 3.8) is 0 Å². The van der Waals surface area contributed by atoms with Gasteiger partial charge in [-0.15, -0.1) is 0 Å². The van der Waals surface area contributed by atoms with Crippen molar-refractivity contribution in [3.8, 4) is 0 Å². The summed E-state index contributed by atoms with van der Waals surface area (Å²) in [5, 5.41) is 28.2. The molecule has 3 unspecified atom stereocenters. The minimum absolute atomic E-state index is 0.0675. The number of halogens is 2. The second kappa shape index (κ2) is 19.3. The summed E-state index contributed by atoms with van der Waals surface area (Å²) in [6, 6.07) is 0. The molecule has 0 fully saturated rings. The van der Waals surface area contributed by atoms with Gasteiger partial charge in [-0.1, -0.05) is 69.2 Å². The lowest BCUT2D eigenvalue weighted by atomic mass is 9.89. The van der Waals surface area contributed by atoms with E-state index in [1.807, 2.05) is 62.3 Å². The van der Waals surface area contributed by atoms with Gasteiger partial charge in [0.25, 0.3) is 0 Å². The molecule has 0 saturated heterocycles. The summed E-state index contributed by atoms with van der Waals surface area (Å²) in [5.74, 6) is -5.70. The Hall–Kier alpha value is -1.85. The minimum atomic E-state index is -3.50. The predicted molar refractivity (Wildman–Crippen MR) is 150 cm³/mol. The predicted octanol–water partition coefficient (Wildman–Crippen LogP) is 5.07. The van der Waals surface area contributed by atoms with Gasteiger partial charge < -0.3 is 29.5 Å². The van der Waals surface area contributed by atoms with Crippen molar-refractivity contribution < 1.29 is 52.7 Å². The van der Waals surface area contributed by atoms with Crippen LogP contribution in [0.1, 0.15) is 109 Å². The summed E-state index contributed by atoms with van der Waals surface area (Å²) in [7, 11) is 0. The molecule has 0 aliphatic heterocycles. The van der Waals surface area contributed by atoms with E-state index in [4.69, 9.17) is 4.74 Å². The van der Waals surface area contributed by atoms with E-state index in [2.05, 4.69) is 9.47 Å². The standard InChI is InChI=1S/C10H18F2O3.C10H20O3.C9H18O3/c1-9(2,3)5-7(13)6-15-8(14)10(4,11)12;1-5-9(12)13-7-8(11)6-10(2,3)4;1-7(10)12-6-8(11)5-9(2,3)4/h7,13H,5-6H2,1-4H3;8,11H,5-7H2,1-4H3;8,11H,5-6H2,1-4H3. The highest BCUT2D eigenvalue weighted by atomic mass is 19.3. The van der Waals surface area contributed by atoms with Crippen LogP contribution in [0.2, 0.25) is 0 Å². The minimum Gasteiger partial charge on any atom is -0.463 e. The first kappa shape index (κ1) is 42.6. The Balaban J connectivity index is -0.000000517. The van der Waals surface area contributed by atoms with Crippen LogP contribution in [0.15, 0.2) is 0 Å². The van der Waals surface area contributed by atoms with E-state index in [1.165, 1.54) is 6.92 Å². The van der Waals surface area contributed by atoms with E-state index in [0.717, 1.165) is 0 Å². The molecule has 240 valence electrons. The van der Waals surface area contributed by atoms with Crippen molar-refractivity contribution in [3.05, 3.63) is 0 Å². The number of carbonyl (C=O) groups excluding carboxylic acids is 3. The molecule has 11 heteroatoms. The highest BCUT2D eigenvalue weighted by Crippen LogP contribution is 2.22. The first-order valence-corrected chi connectivity index (χ1v) is 13.6. The number of alkyl halides is 2. The van der Waals surface area contributed by atoms with Gasteiger partial charge in [0, 0.05) is 20.3 Å². The molecule has 9 nitrogen and oxygen atoms in total. The van der Waals surface area contributed by atoms with Crippen LogP contribution >= 0.6 is 0 Å². The van der Waals surface area contributed by atoms with E-state index in [1.54, 1.807) is 6.92 Å². The third-order valence-corrected chi connectivity index (χ3v) is 4.51. The van der Waals surface area contributed by atoms with E-state index in [0.29, 0.717) is 32.6 Å². The highest BCUT2D eigenvalue weighted by Gasteiger charge is 2.34. The molecule has 3 N–H and O–H groups in total. The summed E-state index contributed by atoms with van der Waals surface area (Å²) in [6.45, 7) is 21.3. The number of esters is 3. The number of rotatable bonds is 11. The van der Waals surface area contributed by atoms with Gasteiger partial charge in [-0.2, -0.15) is 8.78 Å². The lowest BCUT2D eigenvalue weighted by Crippen LogP contribution is -2.31. The van der Waals surface area contributed by atoms with Crippen molar-refractivity contribution in [2.75, 3.05) is 19.8 Å². The Labute approximate surface area is 240 Å². The molecule has 0 aliphatic rings. The van der Waals surface area contributed by atoms with Gasteiger partial charge in [-0.25, -0.2) is 4.79 Å². The van der Waals surface area contributed by atoms with Crippen molar-refractivity contribution >= 4 is 17.9 Å². The van der Waals surface area contributed by atoms with E-state index < -0.39 is 30.2 Å². The first-order valence-electron chi connectivity index (χ1n) is 13.6. The van der Waals surface area contributed by atoms with Crippen molar-refractivity contribution in [2.45, 2.75) is 133 Å². The summed E-state index contributed by atoms with van der Waals surface area (Å²) in [6.07, 6.45) is 0.0305. The fourth-order valence-electron chi connectivity index (χ4n) is 3.10. The average molecular weight is 587 g/mol. The van der Waals surface area contributed by atoms with Gasteiger partial charge in [-0.3, -0.25) is 9.59 Å². The second-order valence-electron chi connectivity index (χ2n) is 13.6. The second-order valence-corrected chi connectivity index (χ2v) is 13.6. The molecule has 0 aromatic carbocycles. The zero-order valence-corrected chi connectivity index (χ0v) is 26.7. The Kier molecular flexibility index (Phi) is 20.6. The van der Waals surface area contributed by atoms with Crippen LogP contribution < -0.4 is 0 Å². The topological polar surface area (TPSA) is 140 Å². The van der Waals surface area contributed by atoms with Gasteiger partial charge in [0.1, 0.15) is 19.8 Å². The van der Waals surface area contributed by atoms with Crippen molar-refractivity contribution in [1.82, 2.24) is 0 Å². The third kappa shape index (κ3) is 34.2. The van der Waals surface area contributed by atoms with Crippen LogP contribution in [-0.2, 0) is 28.6 Å². The maximum atomic E-state index is 12.3. The van der Waals surface area contributed by atoms with Crippen LogP contribution in [0.4, 0.5) is 8.78 Å². The molecule has 0 aromatic heterocycles. The Bertz CT molecular complexity index is 715. The largest absolute Gasteiger partial charge is 0.463 e. The van der Waals surface area contributed by atoms with Gasteiger partial charge in [-0.05, 0) is 35.5 Å². The van der Waals surface area contributed by atoms with E-state index in [9.17, 15) is 38.5 Å². The van der Waals surface area contributed by atoms with Crippen molar-refractivity contribution in [2.24, 2.45) is 16.2 Å². The van der Waals surface area contributed by atoms with Crippen molar-refractivity contribution in [1.29, 1.82) is 0 Å². The smallest absolute Gasteiger partial charge is 0.376 e. The lowest BCUT2D eigenvalue weighted by molar-refractivity contribution is -0.172. The van der Waals surface area contributed by atoms with Crippen LogP contribution in [0, 0.1) is 16.2 Å². The number of hydrogen-bond acceptors (Lipinski definition) is 9. The van der Waals surface area contributed by atoms with Gasteiger partial charge >= 0.3 is 23.8 Å². The third-order valence-electron chi connectivity index (χ3n) is 4.51. The molecule has 0 amide bonds. The molecule has 0 rings (SSSR count). The number of hydrogen-bond donors (Lipinski definition) is 3. The zero-order valence-electron chi connectivity index (χ0n) is 26.7. The van der Waals surface area contributed by atoms with E-state index in [-0.39, 0.29) is 48.0 Å². The summed E-state index contributed by atoms with van der Waals surface area (Å²) in [4.78, 5) is 31.8. The average Bonchev–Trinajstić information content (AvgIpc) is 2.71.